The molecule has 0 saturated carbocycles. The van der Waals surface area contributed by atoms with E-state index in [1.165, 1.54) is 4.90 Å². The minimum atomic E-state index is -0.957. The van der Waals surface area contributed by atoms with E-state index >= 15 is 0 Å². The zero-order valence-corrected chi connectivity index (χ0v) is 13.0. The van der Waals surface area contributed by atoms with Crippen molar-refractivity contribution < 1.29 is 29.0 Å². The van der Waals surface area contributed by atoms with E-state index in [1.54, 1.807) is 27.9 Å². The molecule has 8 heteroatoms. The molecule has 1 aliphatic rings. The number of ether oxygens (including phenoxy) is 2. The molecule has 0 radical (unpaired) electrons. The molecular formula is C13H24N2O6. The van der Waals surface area contributed by atoms with Gasteiger partial charge >= 0.3 is 12.1 Å². The van der Waals surface area contributed by atoms with E-state index in [9.17, 15) is 9.59 Å². The van der Waals surface area contributed by atoms with Crippen molar-refractivity contribution in [2.75, 3.05) is 33.4 Å². The average Bonchev–Trinajstić information content (AvgIpc) is 2.27. The molecule has 0 atom stereocenters. The normalized spacial score (nSPS) is 17.2. The second-order valence-corrected chi connectivity index (χ2v) is 6.13. The zero-order chi connectivity index (χ0) is 16.1. The number of likely N-dealkylation sites (tertiary alicyclic amines) is 1. The standard InChI is InChI=1S/C13H24N2O6/c1-12(2,3)21-11(18)15-8-13(9-15,7-10(16)17)14-20-6-5-19-4/h14H,5-9H2,1-4H3,(H,16,17). The molecule has 1 rings (SSSR count). The maximum Gasteiger partial charge on any atom is 0.410 e. The Hall–Kier alpha value is -1.38. The highest BCUT2D eigenvalue weighted by atomic mass is 16.7. The Kier molecular flexibility index (Phi) is 5.94. The van der Waals surface area contributed by atoms with E-state index in [4.69, 9.17) is 19.4 Å². The summed E-state index contributed by atoms with van der Waals surface area (Å²) in [6.07, 6.45) is -0.596. The molecule has 1 heterocycles. The summed E-state index contributed by atoms with van der Waals surface area (Å²) in [6, 6.07) is 0. The quantitative estimate of drug-likeness (QED) is 0.525. The minimum Gasteiger partial charge on any atom is -0.481 e. The van der Waals surface area contributed by atoms with Crippen LogP contribution in [-0.4, -0.2) is 66.6 Å². The molecule has 0 unspecified atom stereocenters. The smallest absolute Gasteiger partial charge is 0.410 e. The van der Waals surface area contributed by atoms with Gasteiger partial charge in [-0.3, -0.25) is 9.63 Å². The average molecular weight is 304 g/mol. The predicted octanol–water partition coefficient (Wildman–Crippen LogP) is 0.618. The van der Waals surface area contributed by atoms with Crippen LogP contribution in [0.15, 0.2) is 0 Å². The fraction of sp³-hybridized carbons (Fsp3) is 0.846. The molecule has 21 heavy (non-hydrogen) atoms. The topological polar surface area (TPSA) is 97.3 Å². The molecule has 0 bridgehead atoms. The van der Waals surface area contributed by atoms with Crippen molar-refractivity contribution >= 4 is 12.1 Å². The zero-order valence-electron chi connectivity index (χ0n) is 13.0. The van der Waals surface area contributed by atoms with Crippen LogP contribution in [0, 0.1) is 0 Å². The van der Waals surface area contributed by atoms with Gasteiger partial charge in [-0.1, -0.05) is 0 Å². The number of aliphatic carboxylic acids is 1. The first-order chi connectivity index (χ1) is 9.67. The van der Waals surface area contributed by atoms with Gasteiger partial charge in [0.05, 0.1) is 25.2 Å². The fourth-order valence-electron chi connectivity index (χ4n) is 1.97. The first kappa shape index (κ1) is 17.7. The van der Waals surface area contributed by atoms with Crippen LogP contribution in [0.1, 0.15) is 27.2 Å². The van der Waals surface area contributed by atoms with E-state index in [2.05, 4.69) is 5.48 Å². The lowest BCUT2D eigenvalue weighted by Crippen LogP contribution is -2.71. The maximum atomic E-state index is 11.9. The first-order valence-corrected chi connectivity index (χ1v) is 6.75. The number of amides is 1. The summed E-state index contributed by atoms with van der Waals surface area (Å²) in [5.74, 6) is -0.957. The van der Waals surface area contributed by atoms with Crippen LogP contribution >= 0.6 is 0 Å². The number of nitrogens with one attached hydrogen (secondary N) is 1. The first-order valence-electron chi connectivity index (χ1n) is 6.75. The Morgan fingerprint density at radius 3 is 2.38 bits per heavy atom. The van der Waals surface area contributed by atoms with Crippen LogP contribution in [0.2, 0.25) is 0 Å². The lowest BCUT2D eigenvalue weighted by Gasteiger charge is -2.48. The lowest BCUT2D eigenvalue weighted by atomic mass is 9.87. The molecule has 0 aromatic rings. The SMILES string of the molecule is COCCONC1(CC(=O)O)CN(C(=O)OC(C)(C)C)C1. The number of rotatable bonds is 7. The van der Waals surface area contributed by atoms with Crippen molar-refractivity contribution in [3.63, 3.8) is 0 Å². The molecule has 1 amide bonds. The lowest BCUT2D eigenvalue weighted by molar-refractivity contribution is -0.148. The summed E-state index contributed by atoms with van der Waals surface area (Å²) in [5, 5.41) is 8.97. The van der Waals surface area contributed by atoms with Crippen molar-refractivity contribution in [1.82, 2.24) is 10.4 Å². The Morgan fingerprint density at radius 2 is 1.90 bits per heavy atom. The van der Waals surface area contributed by atoms with Crippen LogP contribution in [0.3, 0.4) is 0 Å². The van der Waals surface area contributed by atoms with Gasteiger partial charge in [0, 0.05) is 20.2 Å². The number of methoxy groups -OCH3 is 1. The van der Waals surface area contributed by atoms with Gasteiger partial charge in [0.2, 0.25) is 0 Å². The summed E-state index contributed by atoms with van der Waals surface area (Å²) in [7, 11) is 1.55. The van der Waals surface area contributed by atoms with Crippen LogP contribution in [-0.2, 0) is 19.1 Å². The Balaban J connectivity index is 2.49. The number of carbonyl (C=O) groups is 2. The molecule has 1 saturated heterocycles. The van der Waals surface area contributed by atoms with Crippen molar-refractivity contribution in [1.29, 1.82) is 0 Å². The Bertz CT molecular complexity index is 373. The third-order valence-corrected chi connectivity index (χ3v) is 2.81. The maximum absolute atomic E-state index is 11.9. The van der Waals surface area contributed by atoms with Crippen LogP contribution in [0.25, 0.3) is 0 Å². The van der Waals surface area contributed by atoms with Gasteiger partial charge in [0.15, 0.2) is 0 Å². The highest BCUT2D eigenvalue weighted by Gasteiger charge is 2.48. The number of carboxylic acid groups (broad SMARTS) is 1. The Labute approximate surface area is 124 Å². The van der Waals surface area contributed by atoms with Gasteiger partial charge in [0.1, 0.15) is 5.60 Å². The molecule has 0 aromatic carbocycles. The molecular weight excluding hydrogens is 280 g/mol. The molecule has 0 spiro atoms. The van der Waals surface area contributed by atoms with Gasteiger partial charge in [-0.25, -0.2) is 4.79 Å². The van der Waals surface area contributed by atoms with Crippen molar-refractivity contribution in [3.8, 4) is 0 Å². The van der Waals surface area contributed by atoms with E-state index in [1.807, 2.05) is 0 Å². The van der Waals surface area contributed by atoms with Crippen molar-refractivity contribution in [2.45, 2.75) is 38.3 Å². The summed E-state index contributed by atoms with van der Waals surface area (Å²) >= 11 is 0. The minimum absolute atomic E-state index is 0.140. The third kappa shape index (κ3) is 5.86. The largest absolute Gasteiger partial charge is 0.481 e. The molecule has 2 N–H and O–H groups in total. The third-order valence-electron chi connectivity index (χ3n) is 2.81. The summed E-state index contributed by atoms with van der Waals surface area (Å²) < 4.78 is 10.1. The number of carboxylic acids is 1. The van der Waals surface area contributed by atoms with Gasteiger partial charge in [-0.15, -0.1) is 0 Å². The van der Waals surface area contributed by atoms with Crippen LogP contribution in [0.4, 0.5) is 4.79 Å². The number of hydroxylamine groups is 1. The number of hydrogen-bond donors (Lipinski definition) is 2. The predicted molar refractivity (Wildman–Crippen MR) is 73.8 cm³/mol. The van der Waals surface area contributed by atoms with Crippen molar-refractivity contribution in [3.05, 3.63) is 0 Å². The van der Waals surface area contributed by atoms with E-state index < -0.39 is 23.2 Å². The molecule has 0 aromatic heterocycles. The van der Waals surface area contributed by atoms with Gasteiger partial charge in [-0.05, 0) is 20.8 Å². The molecule has 122 valence electrons. The van der Waals surface area contributed by atoms with Gasteiger partial charge in [-0.2, -0.15) is 5.48 Å². The second-order valence-electron chi connectivity index (χ2n) is 6.13. The number of carbonyl (C=O) groups excluding carboxylic acids is 1. The van der Waals surface area contributed by atoms with Gasteiger partial charge in [0.25, 0.3) is 0 Å². The summed E-state index contributed by atoms with van der Waals surface area (Å²) in [5.41, 5.74) is 1.38. The highest BCUT2D eigenvalue weighted by Crippen LogP contribution is 2.26. The number of nitrogens with zero attached hydrogens (tertiary/aromatic N) is 1. The summed E-state index contributed by atoms with van der Waals surface area (Å²) in [6.45, 7) is 6.47. The molecule has 1 fully saturated rings. The van der Waals surface area contributed by atoms with Crippen molar-refractivity contribution in [2.24, 2.45) is 0 Å². The second kappa shape index (κ2) is 7.06. The number of hydrogen-bond acceptors (Lipinski definition) is 6. The highest BCUT2D eigenvalue weighted by molar-refractivity contribution is 5.72. The van der Waals surface area contributed by atoms with Gasteiger partial charge < -0.3 is 19.5 Å². The van der Waals surface area contributed by atoms with Crippen LogP contribution in [0.5, 0.6) is 0 Å². The molecule has 1 aliphatic heterocycles. The van der Waals surface area contributed by atoms with E-state index in [0.717, 1.165) is 0 Å². The summed E-state index contributed by atoms with van der Waals surface area (Å²) in [4.78, 5) is 29.4. The van der Waals surface area contributed by atoms with Crippen LogP contribution < -0.4 is 5.48 Å². The fourth-order valence-corrected chi connectivity index (χ4v) is 1.97. The monoisotopic (exact) mass is 304 g/mol. The molecule has 0 aliphatic carbocycles. The molecule has 8 nitrogen and oxygen atoms in total. The van der Waals surface area contributed by atoms with E-state index in [0.29, 0.717) is 13.2 Å². The Morgan fingerprint density at radius 1 is 1.29 bits per heavy atom. The van der Waals surface area contributed by atoms with E-state index in [-0.39, 0.29) is 19.5 Å².